The van der Waals surface area contributed by atoms with E-state index in [1.165, 1.54) is 23.5 Å². The van der Waals surface area contributed by atoms with Crippen molar-refractivity contribution in [3.8, 4) is 10.8 Å². The van der Waals surface area contributed by atoms with E-state index in [1.807, 2.05) is 29.9 Å². The zero-order valence-electron chi connectivity index (χ0n) is 13.9. The van der Waals surface area contributed by atoms with Crippen LogP contribution in [0.2, 0.25) is 0 Å². The number of carboxylic acid groups (broad SMARTS) is 1. The van der Waals surface area contributed by atoms with Gasteiger partial charge in [0.15, 0.2) is 16.6 Å². The van der Waals surface area contributed by atoms with Gasteiger partial charge in [-0.25, -0.2) is 4.39 Å². The Balaban J connectivity index is 2.10. The fourth-order valence-corrected chi connectivity index (χ4v) is 3.78. The second kappa shape index (κ2) is 6.76. The normalized spacial score (nSPS) is 11.2. The number of aromatic hydroxyl groups is 1. The average molecular weight is 363 g/mol. The highest BCUT2D eigenvalue weighted by Crippen LogP contribution is 2.33. The molecule has 0 aliphatic rings. The van der Waals surface area contributed by atoms with E-state index >= 15 is 0 Å². The molecule has 0 bridgehead atoms. The fourth-order valence-electron chi connectivity index (χ4n) is 2.97. The van der Waals surface area contributed by atoms with Crippen molar-refractivity contribution in [1.29, 1.82) is 0 Å². The summed E-state index contributed by atoms with van der Waals surface area (Å²) in [5.74, 6) is -2.18. The number of fused-ring (bicyclic) bond motifs is 1. The van der Waals surface area contributed by atoms with Crippen LogP contribution in [0.1, 0.15) is 23.7 Å². The molecule has 2 N–H and O–H groups in total. The molecule has 0 spiro atoms. The minimum Gasteiger partial charge on any atom is -0.505 e. The van der Waals surface area contributed by atoms with Crippen molar-refractivity contribution in [2.75, 3.05) is 6.61 Å². The van der Waals surface area contributed by atoms with E-state index in [1.54, 1.807) is 0 Å². The van der Waals surface area contributed by atoms with Crippen LogP contribution in [0.4, 0.5) is 4.39 Å². The molecule has 0 unspecified atom stereocenters. The average Bonchev–Trinajstić information content (AvgIpc) is 3.08. The number of rotatable bonds is 6. The Kier molecular flexibility index (Phi) is 4.67. The van der Waals surface area contributed by atoms with Crippen molar-refractivity contribution in [2.45, 2.75) is 26.8 Å². The van der Waals surface area contributed by atoms with E-state index in [4.69, 9.17) is 4.74 Å². The predicted octanol–water partition coefficient (Wildman–Crippen LogP) is 3.93. The van der Waals surface area contributed by atoms with Crippen molar-refractivity contribution < 1.29 is 24.1 Å². The molecule has 2 heterocycles. The Morgan fingerprint density at radius 3 is 2.80 bits per heavy atom. The summed E-state index contributed by atoms with van der Waals surface area (Å²) in [6.07, 6.45) is -0.186. The summed E-state index contributed by atoms with van der Waals surface area (Å²) in [5, 5.41) is 22.2. The number of carboxylic acids is 1. The van der Waals surface area contributed by atoms with Crippen molar-refractivity contribution in [2.24, 2.45) is 0 Å². The summed E-state index contributed by atoms with van der Waals surface area (Å²) in [6.45, 7) is 4.77. The zero-order valence-corrected chi connectivity index (χ0v) is 14.7. The first-order valence-corrected chi connectivity index (χ1v) is 8.70. The smallest absolute Gasteiger partial charge is 0.307 e. The van der Waals surface area contributed by atoms with Gasteiger partial charge in [0.2, 0.25) is 0 Å². The maximum Gasteiger partial charge on any atom is 0.307 e. The van der Waals surface area contributed by atoms with Gasteiger partial charge in [-0.05, 0) is 42.5 Å². The van der Waals surface area contributed by atoms with Crippen LogP contribution in [0.25, 0.3) is 10.9 Å². The lowest BCUT2D eigenvalue weighted by Crippen LogP contribution is -2.04. The molecule has 0 aliphatic carbocycles. The van der Waals surface area contributed by atoms with Crippen LogP contribution in [0.3, 0.4) is 0 Å². The molecule has 0 atom stereocenters. The molecule has 0 saturated heterocycles. The lowest BCUT2D eigenvalue weighted by molar-refractivity contribution is -0.136. The zero-order chi connectivity index (χ0) is 18.1. The first-order valence-electron chi connectivity index (χ1n) is 7.82. The van der Waals surface area contributed by atoms with Gasteiger partial charge >= 0.3 is 5.97 Å². The predicted molar refractivity (Wildman–Crippen MR) is 94.2 cm³/mol. The number of phenols is 1. The number of ether oxygens (including phenoxy) is 1. The molecule has 3 rings (SSSR count). The maximum absolute atomic E-state index is 13.9. The third-order valence-electron chi connectivity index (χ3n) is 4.11. The molecular weight excluding hydrogens is 345 g/mol. The summed E-state index contributed by atoms with van der Waals surface area (Å²) >= 11 is 1.48. The SMILES string of the molecule is CCOc1cc(Cn2c(C)c(CC(=O)O)c3cc(O)c(F)cc32)cs1. The van der Waals surface area contributed by atoms with E-state index in [-0.39, 0.29) is 6.42 Å². The van der Waals surface area contributed by atoms with Crippen molar-refractivity contribution in [1.82, 2.24) is 4.57 Å². The lowest BCUT2D eigenvalue weighted by Gasteiger charge is -2.08. The Bertz CT molecular complexity index is 944. The van der Waals surface area contributed by atoms with E-state index < -0.39 is 17.5 Å². The fraction of sp³-hybridized carbons (Fsp3) is 0.278. The second-order valence-corrected chi connectivity index (χ2v) is 6.62. The minimum absolute atomic E-state index is 0.186. The number of nitrogens with zero attached hydrogens (tertiary/aromatic N) is 1. The molecule has 5 nitrogen and oxygen atoms in total. The summed E-state index contributed by atoms with van der Waals surface area (Å²) in [4.78, 5) is 11.2. The van der Waals surface area contributed by atoms with Crippen molar-refractivity contribution in [3.05, 3.63) is 46.2 Å². The lowest BCUT2D eigenvalue weighted by atomic mass is 10.1. The van der Waals surface area contributed by atoms with Gasteiger partial charge in [0, 0.05) is 23.7 Å². The molecule has 0 radical (unpaired) electrons. The quantitative estimate of drug-likeness (QED) is 0.696. The molecule has 7 heteroatoms. The minimum atomic E-state index is -0.972. The molecule has 0 fully saturated rings. The van der Waals surface area contributed by atoms with Crippen LogP contribution in [0, 0.1) is 12.7 Å². The Morgan fingerprint density at radius 2 is 2.12 bits per heavy atom. The molecule has 2 aromatic heterocycles. The van der Waals surface area contributed by atoms with Gasteiger partial charge in [-0.15, -0.1) is 11.3 Å². The summed E-state index contributed by atoms with van der Waals surface area (Å²) in [5.41, 5.74) is 2.88. The van der Waals surface area contributed by atoms with Gasteiger partial charge in [-0.1, -0.05) is 0 Å². The van der Waals surface area contributed by atoms with Gasteiger partial charge < -0.3 is 19.5 Å². The molecular formula is C18H18FNO4S. The van der Waals surface area contributed by atoms with Gasteiger partial charge in [-0.2, -0.15) is 0 Å². The highest BCUT2D eigenvalue weighted by Gasteiger charge is 2.19. The third-order valence-corrected chi connectivity index (χ3v) is 5.00. The topological polar surface area (TPSA) is 71.7 Å². The van der Waals surface area contributed by atoms with Crippen LogP contribution >= 0.6 is 11.3 Å². The van der Waals surface area contributed by atoms with Crippen LogP contribution in [-0.4, -0.2) is 27.4 Å². The molecule has 1 aromatic carbocycles. The summed E-state index contributed by atoms with van der Waals surface area (Å²) in [7, 11) is 0. The monoisotopic (exact) mass is 363 g/mol. The number of hydrogen-bond acceptors (Lipinski definition) is 4. The molecule has 0 saturated carbocycles. The molecule has 3 aromatic rings. The number of aromatic nitrogens is 1. The molecule has 132 valence electrons. The second-order valence-electron chi connectivity index (χ2n) is 5.75. The number of carbonyl (C=O) groups is 1. The largest absolute Gasteiger partial charge is 0.505 e. The third kappa shape index (κ3) is 3.32. The standard InChI is InChI=1S/C18H18FNO4S/c1-3-24-18-4-11(9-25-18)8-20-10(2)12(6-17(22)23)13-5-16(21)14(19)7-15(13)20/h4-5,7,9,21H,3,6,8H2,1-2H3,(H,22,23). The van der Waals surface area contributed by atoms with Crippen LogP contribution < -0.4 is 4.74 Å². The number of thiophene rings is 1. The van der Waals surface area contributed by atoms with Gasteiger partial charge in [0.25, 0.3) is 0 Å². The number of halogens is 1. The maximum atomic E-state index is 13.9. The molecule has 0 amide bonds. The van der Waals surface area contributed by atoms with Gasteiger partial charge in [0.05, 0.1) is 18.5 Å². The van der Waals surface area contributed by atoms with Crippen molar-refractivity contribution in [3.63, 3.8) is 0 Å². The Labute approximate surface area is 147 Å². The van der Waals surface area contributed by atoms with E-state index in [0.29, 0.717) is 29.6 Å². The van der Waals surface area contributed by atoms with Crippen LogP contribution in [0.15, 0.2) is 23.6 Å². The number of phenolic OH excluding ortho intramolecular Hbond substituents is 1. The van der Waals surface area contributed by atoms with Gasteiger partial charge in [0.1, 0.15) is 0 Å². The summed E-state index contributed by atoms with van der Waals surface area (Å²) < 4.78 is 21.2. The number of benzene rings is 1. The van der Waals surface area contributed by atoms with E-state index in [2.05, 4.69) is 0 Å². The van der Waals surface area contributed by atoms with Crippen LogP contribution in [0.5, 0.6) is 10.8 Å². The Morgan fingerprint density at radius 1 is 1.36 bits per heavy atom. The Hall–Kier alpha value is -2.54. The van der Waals surface area contributed by atoms with E-state index in [0.717, 1.165) is 16.3 Å². The van der Waals surface area contributed by atoms with Crippen LogP contribution in [-0.2, 0) is 17.8 Å². The number of hydrogen-bond donors (Lipinski definition) is 2. The van der Waals surface area contributed by atoms with E-state index in [9.17, 15) is 19.4 Å². The summed E-state index contributed by atoms with van der Waals surface area (Å²) in [6, 6.07) is 4.47. The highest BCUT2D eigenvalue weighted by molar-refractivity contribution is 7.12. The molecule has 0 aliphatic heterocycles. The molecule has 25 heavy (non-hydrogen) atoms. The first-order chi connectivity index (χ1) is 11.9. The first kappa shape index (κ1) is 17.3. The highest BCUT2D eigenvalue weighted by atomic mass is 32.1. The van der Waals surface area contributed by atoms with Gasteiger partial charge in [-0.3, -0.25) is 4.79 Å². The number of aliphatic carboxylic acids is 1. The van der Waals surface area contributed by atoms with Crippen molar-refractivity contribution >= 4 is 28.2 Å².